The van der Waals surface area contributed by atoms with Crippen molar-refractivity contribution in [2.24, 2.45) is 16.8 Å². The van der Waals surface area contributed by atoms with Crippen LogP contribution >= 0.6 is 24.0 Å². The first-order chi connectivity index (χ1) is 13.7. The molecule has 1 amide bonds. The summed E-state index contributed by atoms with van der Waals surface area (Å²) in [7, 11) is 0. The molecule has 0 aromatic rings. The van der Waals surface area contributed by atoms with Gasteiger partial charge in [-0.2, -0.15) is 0 Å². The van der Waals surface area contributed by atoms with Crippen molar-refractivity contribution in [3.8, 4) is 0 Å². The zero-order chi connectivity index (χ0) is 19.8. The van der Waals surface area contributed by atoms with Gasteiger partial charge in [-0.05, 0) is 83.8 Å². The number of rotatable bonds is 8. The molecule has 7 heteroatoms. The lowest BCUT2D eigenvalue weighted by Gasteiger charge is -2.31. The third-order valence-corrected chi connectivity index (χ3v) is 6.62. The minimum atomic E-state index is 0. The molecule has 2 aliphatic carbocycles. The molecule has 1 saturated heterocycles. The highest BCUT2D eigenvalue weighted by Crippen LogP contribution is 2.27. The fraction of sp³-hybridized carbons (Fsp3) is 0.909. The van der Waals surface area contributed by atoms with E-state index in [-0.39, 0.29) is 35.8 Å². The number of halogens is 1. The second-order valence-corrected chi connectivity index (χ2v) is 8.91. The topological polar surface area (TPSA) is 68.8 Å². The maximum Gasteiger partial charge on any atom is 0.223 e. The van der Waals surface area contributed by atoms with Crippen LogP contribution in [0.5, 0.6) is 0 Å². The average molecular weight is 520 g/mol. The van der Waals surface area contributed by atoms with Crippen LogP contribution in [0.3, 0.4) is 0 Å². The van der Waals surface area contributed by atoms with Crippen molar-refractivity contribution < 1.29 is 4.79 Å². The standard InChI is InChI=1S/C22H41N5O.HI/c1-3-23-22(24-13-10-17-11-14-27(4-2)15-12-17)26-20-7-5-6-18(16-20)21(28)25-19-8-9-19;/h17-20H,3-16H2,1-2H3,(H,25,28)(H2,23,24,26);1H. The predicted octanol–water partition coefficient (Wildman–Crippen LogP) is 3.12. The number of nitrogens with zero attached hydrogens (tertiary/aromatic N) is 2. The molecule has 2 atom stereocenters. The monoisotopic (exact) mass is 519 g/mol. The maximum absolute atomic E-state index is 12.4. The first-order valence-electron chi connectivity index (χ1n) is 11.8. The van der Waals surface area contributed by atoms with Gasteiger partial charge in [0.1, 0.15) is 0 Å². The molecular weight excluding hydrogens is 477 g/mol. The van der Waals surface area contributed by atoms with Crippen LogP contribution < -0.4 is 16.0 Å². The molecule has 1 heterocycles. The van der Waals surface area contributed by atoms with Gasteiger partial charge in [0, 0.05) is 31.1 Å². The Balaban J connectivity index is 0.00000300. The van der Waals surface area contributed by atoms with E-state index in [4.69, 9.17) is 4.99 Å². The van der Waals surface area contributed by atoms with E-state index < -0.39 is 0 Å². The molecule has 3 aliphatic rings. The van der Waals surface area contributed by atoms with E-state index in [2.05, 4.69) is 34.7 Å². The van der Waals surface area contributed by atoms with E-state index in [9.17, 15) is 4.79 Å². The van der Waals surface area contributed by atoms with Crippen LogP contribution in [0.4, 0.5) is 0 Å². The van der Waals surface area contributed by atoms with E-state index in [1.807, 2.05) is 0 Å². The lowest BCUT2D eigenvalue weighted by atomic mass is 9.85. The first-order valence-corrected chi connectivity index (χ1v) is 11.8. The normalized spacial score (nSPS) is 26.5. The molecule has 3 fully saturated rings. The minimum Gasteiger partial charge on any atom is -0.357 e. The van der Waals surface area contributed by atoms with E-state index in [0.717, 1.165) is 63.5 Å². The number of amides is 1. The van der Waals surface area contributed by atoms with E-state index in [1.165, 1.54) is 38.9 Å². The van der Waals surface area contributed by atoms with Gasteiger partial charge < -0.3 is 20.9 Å². The number of hydrogen-bond donors (Lipinski definition) is 3. The molecule has 6 nitrogen and oxygen atoms in total. The Labute approximate surface area is 194 Å². The van der Waals surface area contributed by atoms with Crippen LogP contribution in [0.15, 0.2) is 4.99 Å². The molecule has 3 N–H and O–H groups in total. The molecule has 0 radical (unpaired) electrons. The van der Waals surface area contributed by atoms with Gasteiger partial charge in [0.15, 0.2) is 5.96 Å². The van der Waals surface area contributed by atoms with Crippen molar-refractivity contribution in [3.63, 3.8) is 0 Å². The molecule has 0 spiro atoms. The summed E-state index contributed by atoms with van der Waals surface area (Å²) in [4.78, 5) is 19.8. The zero-order valence-corrected chi connectivity index (χ0v) is 20.8. The smallest absolute Gasteiger partial charge is 0.223 e. The van der Waals surface area contributed by atoms with Crippen LogP contribution in [0, 0.1) is 11.8 Å². The van der Waals surface area contributed by atoms with Gasteiger partial charge in [-0.1, -0.05) is 13.3 Å². The van der Waals surface area contributed by atoms with Crippen molar-refractivity contribution in [2.45, 2.75) is 83.7 Å². The van der Waals surface area contributed by atoms with Crippen molar-refractivity contribution in [2.75, 3.05) is 32.7 Å². The van der Waals surface area contributed by atoms with Crippen LogP contribution in [-0.4, -0.2) is 61.6 Å². The Bertz CT molecular complexity index is 517. The lowest BCUT2D eigenvalue weighted by molar-refractivity contribution is -0.126. The summed E-state index contributed by atoms with van der Waals surface area (Å²) < 4.78 is 0. The summed E-state index contributed by atoms with van der Waals surface area (Å²) in [5.74, 6) is 2.19. The molecule has 3 rings (SSSR count). The number of hydrogen-bond acceptors (Lipinski definition) is 3. The number of guanidine groups is 1. The first kappa shape index (κ1) is 24.7. The summed E-state index contributed by atoms with van der Waals surface area (Å²) in [6.07, 6.45) is 10.3. The fourth-order valence-electron chi connectivity index (χ4n) is 4.57. The molecule has 0 bridgehead atoms. The Morgan fingerprint density at radius 2 is 1.76 bits per heavy atom. The van der Waals surface area contributed by atoms with Gasteiger partial charge >= 0.3 is 0 Å². The summed E-state index contributed by atoms with van der Waals surface area (Å²) in [6, 6.07) is 0.818. The molecule has 168 valence electrons. The van der Waals surface area contributed by atoms with Gasteiger partial charge in [0.25, 0.3) is 0 Å². The molecule has 29 heavy (non-hydrogen) atoms. The molecule has 0 aromatic heterocycles. The minimum absolute atomic E-state index is 0. The van der Waals surface area contributed by atoms with Gasteiger partial charge in [-0.15, -0.1) is 24.0 Å². The van der Waals surface area contributed by atoms with E-state index in [1.54, 1.807) is 0 Å². The molecule has 2 unspecified atom stereocenters. The number of likely N-dealkylation sites (tertiary alicyclic amines) is 1. The van der Waals surface area contributed by atoms with Crippen LogP contribution in [0.1, 0.15) is 71.6 Å². The number of aliphatic imine (C=N–C) groups is 1. The fourth-order valence-corrected chi connectivity index (χ4v) is 4.57. The van der Waals surface area contributed by atoms with E-state index in [0.29, 0.717) is 12.1 Å². The summed E-state index contributed by atoms with van der Waals surface area (Å²) >= 11 is 0. The van der Waals surface area contributed by atoms with Crippen LogP contribution in [0.25, 0.3) is 0 Å². The zero-order valence-electron chi connectivity index (χ0n) is 18.4. The molecule has 2 saturated carbocycles. The number of piperidine rings is 1. The summed E-state index contributed by atoms with van der Waals surface area (Å²) in [6.45, 7) is 9.81. The van der Waals surface area contributed by atoms with Gasteiger partial charge in [0.05, 0.1) is 0 Å². The van der Waals surface area contributed by atoms with Crippen molar-refractivity contribution in [3.05, 3.63) is 0 Å². The van der Waals surface area contributed by atoms with Crippen LogP contribution in [0.2, 0.25) is 0 Å². The highest BCUT2D eigenvalue weighted by molar-refractivity contribution is 14.0. The molecule has 1 aliphatic heterocycles. The Kier molecular flexibility index (Phi) is 11.0. The van der Waals surface area contributed by atoms with Crippen molar-refractivity contribution >= 4 is 35.8 Å². The Morgan fingerprint density at radius 3 is 2.41 bits per heavy atom. The largest absolute Gasteiger partial charge is 0.357 e. The van der Waals surface area contributed by atoms with Gasteiger partial charge in [-0.25, -0.2) is 0 Å². The highest BCUT2D eigenvalue weighted by Gasteiger charge is 2.31. The van der Waals surface area contributed by atoms with Crippen molar-refractivity contribution in [1.82, 2.24) is 20.9 Å². The third-order valence-electron chi connectivity index (χ3n) is 6.62. The Hall–Kier alpha value is -0.570. The summed E-state index contributed by atoms with van der Waals surface area (Å²) in [5.41, 5.74) is 0. The number of nitrogens with one attached hydrogen (secondary N) is 3. The SMILES string of the molecule is CCNC(=NCCC1CCN(CC)CC1)NC1CCCC(C(=O)NC2CC2)C1.I. The van der Waals surface area contributed by atoms with Gasteiger partial charge in [0.2, 0.25) is 5.91 Å². The Morgan fingerprint density at radius 1 is 1.00 bits per heavy atom. The highest BCUT2D eigenvalue weighted by atomic mass is 127. The number of carbonyl (C=O) groups is 1. The second-order valence-electron chi connectivity index (χ2n) is 8.91. The second kappa shape index (κ2) is 13.0. The van der Waals surface area contributed by atoms with E-state index >= 15 is 0 Å². The average Bonchev–Trinajstić information content (AvgIpc) is 3.53. The van der Waals surface area contributed by atoms with Crippen LogP contribution in [-0.2, 0) is 4.79 Å². The van der Waals surface area contributed by atoms with Gasteiger partial charge in [-0.3, -0.25) is 9.79 Å². The predicted molar refractivity (Wildman–Crippen MR) is 131 cm³/mol. The number of carbonyl (C=O) groups excluding carboxylic acids is 1. The third kappa shape index (κ3) is 8.59. The maximum atomic E-state index is 12.4. The quantitative estimate of drug-likeness (QED) is 0.262. The van der Waals surface area contributed by atoms with Crippen molar-refractivity contribution in [1.29, 1.82) is 0 Å². The summed E-state index contributed by atoms with van der Waals surface area (Å²) in [5, 5.41) is 10.2. The lowest BCUT2D eigenvalue weighted by Crippen LogP contribution is -2.47. The molecule has 0 aromatic carbocycles. The molecular formula is C22H42IN5O.